The van der Waals surface area contributed by atoms with Crippen LogP contribution in [0, 0.1) is 0 Å². The van der Waals surface area contributed by atoms with Crippen molar-refractivity contribution in [2.45, 2.75) is 365 Å². The second kappa shape index (κ2) is 62.4. The molecule has 7 unspecified atom stereocenters. The summed E-state index contributed by atoms with van der Waals surface area (Å²) < 4.78 is 11.4. The van der Waals surface area contributed by atoms with Gasteiger partial charge < -0.3 is 40.3 Å². The molecular formula is C74H133NO8. The summed E-state index contributed by atoms with van der Waals surface area (Å²) in [6.07, 6.45) is 82.2. The highest BCUT2D eigenvalue weighted by Crippen LogP contribution is 2.24. The average molecular weight is 1160 g/mol. The zero-order valence-electron chi connectivity index (χ0n) is 53.9. The van der Waals surface area contributed by atoms with Gasteiger partial charge in [0.05, 0.1) is 25.4 Å². The largest absolute Gasteiger partial charge is 0.394 e. The van der Waals surface area contributed by atoms with E-state index in [4.69, 9.17) is 9.47 Å². The lowest BCUT2D eigenvalue weighted by Crippen LogP contribution is -2.60. The third-order valence-electron chi connectivity index (χ3n) is 16.5. The predicted octanol–water partition coefficient (Wildman–Crippen LogP) is 19.3. The van der Waals surface area contributed by atoms with Gasteiger partial charge in [0, 0.05) is 6.42 Å². The maximum Gasteiger partial charge on any atom is 0.220 e. The van der Waals surface area contributed by atoms with Crippen LogP contribution in [-0.4, -0.2) is 87.5 Å². The second-order valence-electron chi connectivity index (χ2n) is 24.3. The number of amides is 1. The van der Waals surface area contributed by atoms with Gasteiger partial charge in [-0.25, -0.2) is 0 Å². The lowest BCUT2D eigenvalue weighted by Gasteiger charge is -2.40. The summed E-state index contributed by atoms with van der Waals surface area (Å²) in [5, 5.41) is 54.9. The van der Waals surface area contributed by atoms with Gasteiger partial charge in [0.15, 0.2) is 6.29 Å². The van der Waals surface area contributed by atoms with Gasteiger partial charge in [0.25, 0.3) is 0 Å². The van der Waals surface area contributed by atoms with E-state index < -0.39 is 49.5 Å². The van der Waals surface area contributed by atoms with Gasteiger partial charge in [-0.15, -0.1) is 0 Å². The van der Waals surface area contributed by atoms with Crippen molar-refractivity contribution in [2.24, 2.45) is 0 Å². The smallest absolute Gasteiger partial charge is 0.220 e. The Kier molecular flexibility index (Phi) is 59.0. The summed E-state index contributed by atoms with van der Waals surface area (Å²) in [5.41, 5.74) is 0. The number of aliphatic hydroxyl groups is 5. The zero-order valence-corrected chi connectivity index (χ0v) is 53.9. The van der Waals surface area contributed by atoms with Gasteiger partial charge >= 0.3 is 0 Å². The maximum absolute atomic E-state index is 13.1. The fourth-order valence-electron chi connectivity index (χ4n) is 11.0. The summed E-state index contributed by atoms with van der Waals surface area (Å²) >= 11 is 0. The van der Waals surface area contributed by atoms with Gasteiger partial charge in [-0.1, -0.05) is 330 Å². The fourth-order valence-corrected chi connectivity index (χ4v) is 11.0. The van der Waals surface area contributed by atoms with E-state index in [-0.39, 0.29) is 12.5 Å². The standard InChI is InChI=1S/C74H133NO8/c1-3-5-7-9-11-13-15-17-19-21-23-24-25-26-27-28-29-30-31-32-33-34-35-36-37-38-39-40-41-42-43-44-46-48-50-52-54-56-58-60-62-64-70(78)75-67(66-82-74-73(81)72(80)71(79)69(65-76)83-74)68(77)63-61-59-57-55-53-51-49-47-45-22-20-18-16-14-12-10-8-6-4-2/h5,7,11,13,17,19,23-24,26-27,29-30,32-33,67-69,71-74,76-77,79-81H,3-4,6,8-10,12,14-16,18,20-22,25,28,31,34-66H2,1-2H3,(H,75,78)/b7-5-,13-11-,19-17-,24-23-,27-26-,30-29-,33-32-. The number of hydrogen-bond acceptors (Lipinski definition) is 8. The highest BCUT2D eigenvalue weighted by Gasteiger charge is 2.44. The van der Waals surface area contributed by atoms with Gasteiger partial charge in [0.2, 0.25) is 5.91 Å². The molecule has 1 saturated heterocycles. The Hall–Kier alpha value is -2.63. The predicted molar refractivity (Wildman–Crippen MR) is 355 cm³/mol. The highest BCUT2D eigenvalue weighted by atomic mass is 16.7. The van der Waals surface area contributed by atoms with Crippen molar-refractivity contribution in [3.05, 3.63) is 85.1 Å². The SMILES string of the molecule is CC/C=C\C/C=C\C/C=C\C/C=C\C/C=C\C/C=C\C/C=C\CCCCCCCCCCCCCCCCCCCCCC(=O)NC(COC1OC(CO)C(O)C(O)C1O)C(O)CCCCCCCCCCCCCCCCCCCCC. The van der Waals surface area contributed by atoms with Crippen LogP contribution in [-0.2, 0) is 14.3 Å². The monoisotopic (exact) mass is 1160 g/mol. The number of hydrogen-bond donors (Lipinski definition) is 6. The summed E-state index contributed by atoms with van der Waals surface area (Å²) in [6.45, 7) is 3.76. The number of rotatable bonds is 61. The summed E-state index contributed by atoms with van der Waals surface area (Å²) in [4.78, 5) is 13.1. The number of carbonyl (C=O) groups excluding carboxylic acids is 1. The summed E-state index contributed by atoms with van der Waals surface area (Å²) in [7, 11) is 0. The van der Waals surface area contributed by atoms with Crippen molar-refractivity contribution in [3.63, 3.8) is 0 Å². The van der Waals surface area contributed by atoms with Crippen LogP contribution in [0.4, 0.5) is 0 Å². The molecule has 0 bridgehead atoms. The van der Waals surface area contributed by atoms with E-state index in [0.717, 1.165) is 83.5 Å². The number of unbranched alkanes of at least 4 members (excludes halogenated alkanes) is 37. The first-order valence-electron chi connectivity index (χ1n) is 35.3. The van der Waals surface area contributed by atoms with Crippen molar-refractivity contribution in [2.75, 3.05) is 13.2 Å². The molecule has 7 atom stereocenters. The van der Waals surface area contributed by atoms with Crippen LogP contribution in [0.15, 0.2) is 85.1 Å². The van der Waals surface area contributed by atoms with Gasteiger partial charge in [-0.3, -0.25) is 4.79 Å². The maximum atomic E-state index is 13.1. The molecule has 1 rings (SSSR count). The van der Waals surface area contributed by atoms with E-state index in [1.165, 1.54) is 212 Å². The van der Waals surface area contributed by atoms with Crippen molar-refractivity contribution in [1.82, 2.24) is 5.32 Å². The van der Waals surface area contributed by atoms with Crippen molar-refractivity contribution < 1.29 is 39.8 Å². The quantitative estimate of drug-likeness (QED) is 0.0261. The van der Waals surface area contributed by atoms with Gasteiger partial charge in [-0.2, -0.15) is 0 Å². The Labute approximate surface area is 511 Å². The Balaban J connectivity index is 2.06. The van der Waals surface area contributed by atoms with Crippen LogP contribution in [0.5, 0.6) is 0 Å². The number of nitrogens with one attached hydrogen (secondary N) is 1. The van der Waals surface area contributed by atoms with Gasteiger partial charge in [0.1, 0.15) is 24.4 Å². The third-order valence-corrected chi connectivity index (χ3v) is 16.5. The molecule has 0 aliphatic carbocycles. The molecule has 83 heavy (non-hydrogen) atoms. The molecular weight excluding hydrogens is 1030 g/mol. The molecule has 0 aromatic carbocycles. The van der Waals surface area contributed by atoms with E-state index in [1.807, 2.05) is 0 Å². The number of aliphatic hydroxyl groups excluding tert-OH is 5. The molecule has 1 aliphatic rings. The molecule has 482 valence electrons. The van der Waals surface area contributed by atoms with Crippen LogP contribution < -0.4 is 5.32 Å². The molecule has 9 heteroatoms. The van der Waals surface area contributed by atoms with Crippen molar-refractivity contribution >= 4 is 5.91 Å². The van der Waals surface area contributed by atoms with E-state index in [0.29, 0.717) is 12.8 Å². The zero-order chi connectivity index (χ0) is 60.0. The Morgan fingerprint density at radius 1 is 0.422 bits per heavy atom. The minimum atomic E-state index is -1.56. The summed E-state index contributed by atoms with van der Waals surface area (Å²) in [6, 6.07) is -0.721. The Morgan fingerprint density at radius 3 is 1.11 bits per heavy atom. The molecule has 6 N–H and O–H groups in total. The van der Waals surface area contributed by atoms with Crippen molar-refractivity contribution in [1.29, 1.82) is 0 Å². The molecule has 0 aromatic rings. The molecule has 0 radical (unpaired) electrons. The molecule has 0 spiro atoms. The van der Waals surface area contributed by atoms with Crippen LogP contribution in [0.2, 0.25) is 0 Å². The topological polar surface area (TPSA) is 149 Å². The third kappa shape index (κ3) is 51.2. The van der Waals surface area contributed by atoms with E-state index >= 15 is 0 Å². The lowest BCUT2D eigenvalue weighted by molar-refractivity contribution is -0.302. The number of carbonyl (C=O) groups is 1. The normalized spacial score (nSPS) is 18.8. The number of allylic oxidation sites excluding steroid dienone is 14. The first-order valence-corrected chi connectivity index (χ1v) is 35.3. The van der Waals surface area contributed by atoms with E-state index in [1.54, 1.807) is 0 Å². The minimum Gasteiger partial charge on any atom is -0.394 e. The van der Waals surface area contributed by atoms with Crippen LogP contribution >= 0.6 is 0 Å². The minimum absolute atomic E-state index is 0.137. The van der Waals surface area contributed by atoms with Crippen LogP contribution in [0.3, 0.4) is 0 Å². The fraction of sp³-hybridized carbons (Fsp3) is 0.797. The lowest BCUT2D eigenvalue weighted by atomic mass is 9.99. The van der Waals surface area contributed by atoms with Crippen LogP contribution in [0.1, 0.15) is 322 Å². The molecule has 1 amide bonds. The Bertz CT molecular complexity index is 1590. The molecule has 0 saturated carbocycles. The average Bonchev–Trinajstić information content (AvgIpc) is 3.61. The van der Waals surface area contributed by atoms with Crippen LogP contribution in [0.25, 0.3) is 0 Å². The Morgan fingerprint density at radius 2 is 0.747 bits per heavy atom. The summed E-state index contributed by atoms with van der Waals surface area (Å²) in [5.74, 6) is -0.140. The second-order valence-corrected chi connectivity index (χ2v) is 24.3. The highest BCUT2D eigenvalue weighted by molar-refractivity contribution is 5.76. The first kappa shape index (κ1) is 78.4. The molecule has 9 nitrogen and oxygen atoms in total. The molecule has 1 fully saturated rings. The van der Waals surface area contributed by atoms with E-state index in [2.05, 4.69) is 104 Å². The van der Waals surface area contributed by atoms with E-state index in [9.17, 15) is 30.3 Å². The molecule has 0 aromatic heterocycles. The number of ether oxygens (including phenoxy) is 2. The first-order chi connectivity index (χ1) is 40.8. The molecule has 1 heterocycles. The molecule has 1 aliphatic heterocycles. The van der Waals surface area contributed by atoms with Crippen molar-refractivity contribution in [3.8, 4) is 0 Å². The van der Waals surface area contributed by atoms with Gasteiger partial charge in [-0.05, 0) is 70.6 Å².